The van der Waals surface area contributed by atoms with E-state index in [2.05, 4.69) is 42.7 Å². The van der Waals surface area contributed by atoms with Crippen molar-refractivity contribution in [2.24, 2.45) is 5.92 Å². The highest BCUT2D eigenvalue weighted by molar-refractivity contribution is 5.26. The summed E-state index contributed by atoms with van der Waals surface area (Å²) in [6.07, 6.45) is 6.31. The summed E-state index contributed by atoms with van der Waals surface area (Å²) in [7, 11) is 3.99. The predicted octanol–water partition coefficient (Wildman–Crippen LogP) is 3.34. The van der Waals surface area contributed by atoms with Gasteiger partial charge in [-0.1, -0.05) is 30.3 Å². The Balaban J connectivity index is 1.62. The summed E-state index contributed by atoms with van der Waals surface area (Å²) in [6, 6.07) is 11.6. The summed E-state index contributed by atoms with van der Waals surface area (Å²) >= 11 is 0. The fourth-order valence-corrected chi connectivity index (χ4v) is 3.67. The number of nitrogens with one attached hydrogen (secondary N) is 1. The Bertz CT molecular complexity index is 407. The van der Waals surface area contributed by atoms with Crippen LogP contribution in [0.15, 0.2) is 30.3 Å². The van der Waals surface area contributed by atoms with Gasteiger partial charge in [-0.2, -0.15) is 0 Å². The van der Waals surface area contributed by atoms with Crippen LogP contribution in [0, 0.1) is 5.92 Å². The molecule has 1 N–H and O–H groups in total. The molecule has 0 radical (unpaired) electrons. The second kappa shape index (κ2) is 5.26. The number of methoxy groups -OCH3 is 1. The third kappa shape index (κ3) is 2.56. The lowest BCUT2D eigenvalue weighted by Crippen LogP contribution is -2.46. The first-order chi connectivity index (χ1) is 9.28. The van der Waals surface area contributed by atoms with E-state index in [-0.39, 0.29) is 5.60 Å². The molecule has 0 heterocycles. The van der Waals surface area contributed by atoms with E-state index in [0.717, 1.165) is 11.8 Å². The highest BCUT2D eigenvalue weighted by Gasteiger charge is 2.47. The van der Waals surface area contributed by atoms with Crippen molar-refractivity contribution in [1.82, 2.24) is 5.32 Å². The molecule has 1 aromatic rings. The molecule has 2 heteroatoms. The molecule has 2 fully saturated rings. The van der Waals surface area contributed by atoms with E-state index in [1.54, 1.807) is 0 Å². The molecule has 0 amide bonds. The smallest absolute Gasteiger partial charge is 0.0693 e. The zero-order valence-electron chi connectivity index (χ0n) is 12.1. The number of hydrogen-bond acceptors (Lipinski definition) is 2. The van der Waals surface area contributed by atoms with Crippen molar-refractivity contribution in [3.05, 3.63) is 35.9 Å². The maximum Gasteiger partial charge on any atom is 0.0693 e. The second-order valence-electron chi connectivity index (χ2n) is 6.26. The Hall–Kier alpha value is -0.860. The van der Waals surface area contributed by atoms with Crippen LogP contribution in [0.25, 0.3) is 0 Å². The van der Waals surface area contributed by atoms with Crippen LogP contribution < -0.4 is 5.32 Å². The maximum atomic E-state index is 5.78. The quantitative estimate of drug-likeness (QED) is 0.846. The molecule has 19 heavy (non-hydrogen) atoms. The average molecular weight is 259 g/mol. The normalized spacial score (nSPS) is 29.6. The van der Waals surface area contributed by atoms with E-state index < -0.39 is 0 Å². The van der Waals surface area contributed by atoms with Crippen molar-refractivity contribution in [2.45, 2.75) is 49.7 Å². The van der Waals surface area contributed by atoms with Gasteiger partial charge in [0.15, 0.2) is 0 Å². The van der Waals surface area contributed by atoms with Gasteiger partial charge in [0, 0.05) is 13.2 Å². The van der Waals surface area contributed by atoms with Gasteiger partial charge in [-0.3, -0.25) is 0 Å². The first kappa shape index (κ1) is 13.1. The largest absolute Gasteiger partial charge is 0.378 e. The molecule has 0 aromatic heterocycles. The van der Waals surface area contributed by atoms with E-state index in [9.17, 15) is 0 Å². The first-order valence-electron chi connectivity index (χ1n) is 7.55. The topological polar surface area (TPSA) is 21.3 Å². The van der Waals surface area contributed by atoms with Crippen molar-refractivity contribution in [1.29, 1.82) is 0 Å². The highest BCUT2D eigenvalue weighted by Crippen LogP contribution is 2.52. The molecule has 3 atom stereocenters. The fraction of sp³-hybridized carbons (Fsp3) is 0.647. The lowest BCUT2D eigenvalue weighted by molar-refractivity contribution is -0.0844. The Morgan fingerprint density at radius 2 is 2.05 bits per heavy atom. The Morgan fingerprint density at radius 1 is 1.32 bits per heavy atom. The molecule has 2 saturated carbocycles. The van der Waals surface area contributed by atoms with Crippen LogP contribution in [0.2, 0.25) is 0 Å². The van der Waals surface area contributed by atoms with Crippen molar-refractivity contribution >= 4 is 0 Å². The summed E-state index contributed by atoms with van der Waals surface area (Å²) in [6.45, 7) is 0. The molecule has 1 aromatic carbocycles. The summed E-state index contributed by atoms with van der Waals surface area (Å²) in [5.74, 6) is 1.55. The molecule has 104 valence electrons. The number of benzene rings is 1. The SMILES string of the molecule is CNC(CC1(OC)CCC1)C1CC1c1ccccc1. The lowest BCUT2D eigenvalue weighted by Gasteiger charge is -2.43. The molecule has 2 nitrogen and oxygen atoms in total. The van der Waals surface area contributed by atoms with Crippen LogP contribution in [-0.2, 0) is 4.74 Å². The van der Waals surface area contributed by atoms with Crippen molar-refractivity contribution in [2.75, 3.05) is 14.2 Å². The molecule has 0 bridgehead atoms. The highest BCUT2D eigenvalue weighted by atomic mass is 16.5. The van der Waals surface area contributed by atoms with Crippen LogP contribution in [0.3, 0.4) is 0 Å². The summed E-state index contributed by atoms with van der Waals surface area (Å²) in [5, 5.41) is 3.54. The maximum absolute atomic E-state index is 5.78. The van der Waals surface area contributed by atoms with E-state index in [0.29, 0.717) is 6.04 Å². The number of hydrogen-bond donors (Lipinski definition) is 1. The number of rotatable bonds is 6. The average Bonchev–Trinajstić information content (AvgIpc) is 3.20. The van der Waals surface area contributed by atoms with Gasteiger partial charge in [0.1, 0.15) is 0 Å². The first-order valence-corrected chi connectivity index (χ1v) is 7.55. The van der Waals surface area contributed by atoms with E-state index in [1.165, 1.54) is 37.7 Å². The van der Waals surface area contributed by atoms with Gasteiger partial charge in [0.25, 0.3) is 0 Å². The van der Waals surface area contributed by atoms with Crippen LogP contribution in [0.4, 0.5) is 0 Å². The number of ether oxygens (including phenoxy) is 1. The Labute approximate surface area is 116 Å². The standard InChI is InChI=1S/C17H25NO/c1-18-16(12-17(19-2)9-6-10-17)15-11-14(15)13-7-4-3-5-8-13/h3-5,7-8,14-16,18H,6,9-12H2,1-2H3. The van der Waals surface area contributed by atoms with Crippen LogP contribution in [0.5, 0.6) is 0 Å². The molecule has 2 aliphatic carbocycles. The lowest BCUT2D eigenvalue weighted by atomic mass is 9.75. The van der Waals surface area contributed by atoms with Crippen molar-refractivity contribution in [3.8, 4) is 0 Å². The molecule has 3 unspecified atom stereocenters. The Morgan fingerprint density at radius 3 is 2.58 bits per heavy atom. The van der Waals surface area contributed by atoms with Crippen molar-refractivity contribution < 1.29 is 4.74 Å². The minimum atomic E-state index is 0.178. The van der Waals surface area contributed by atoms with Gasteiger partial charge in [0.05, 0.1) is 5.60 Å². The van der Waals surface area contributed by atoms with Gasteiger partial charge in [0.2, 0.25) is 0 Å². The Kier molecular flexibility index (Phi) is 3.64. The molecule has 3 rings (SSSR count). The zero-order chi connectivity index (χ0) is 13.3. The van der Waals surface area contributed by atoms with Gasteiger partial charge in [-0.25, -0.2) is 0 Å². The second-order valence-corrected chi connectivity index (χ2v) is 6.26. The van der Waals surface area contributed by atoms with Gasteiger partial charge in [-0.05, 0) is 56.6 Å². The van der Waals surface area contributed by atoms with Crippen LogP contribution in [-0.4, -0.2) is 25.8 Å². The summed E-state index contributed by atoms with van der Waals surface area (Å²) in [4.78, 5) is 0. The predicted molar refractivity (Wildman–Crippen MR) is 78.3 cm³/mol. The van der Waals surface area contributed by atoms with Crippen molar-refractivity contribution in [3.63, 3.8) is 0 Å². The molecule has 0 saturated heterocycles. The third-order valence-corrected chi connectivity index (χ3v) is 5.24. The van der Waals surface area contributed by atoms with Crippen LogP contribution in [0.1, 0.15) is 43.6 Å². The summed E-state index contributed by atoms with van der Waals surface area (Å²) < 4.78 is 5.78. The third-order valence-electron chi connectivity index (χ3n) is 5.24. The van der Waals surface area contributed by atoms with Gasteiger partial charge in [-0.15, -0.1) is 0 Å². The molecule has 0 spiro atoms. The molecule has 2 aliphatic rings. The monoisotopic (exact) mass is 259 g/mol. The van der Waals surface area contributed by atoms with Gasteiger partial charge >= 0.3 is 0 Å². The van der Waals surface area contributed by atoms with Gasteiger partial charge < -0.3 is 10.1 Å². The van der Waals surface area contributed by atoms with E-state index in [1.807, 2.05) is 7.11 Å². The summed E-state index contributed by atoms with van der Waals surface area (Å²) in [5.41, 5.74) is 1.69. The fourth-order valence-electron chi connectivity index (χ4n) is 3.67. The van der Waals surface area contributed by atoms with E-state index >= 15 is 0 Å². The molecular weight excluding hydrogens is 234 g/mol. The minimum absolute atomic E-state index is 0.178. The molecule has 0 aliphatic heterocycles. The molecular formula is C17H25NO. The minimum Gasteiger partial charge on any atom is -0.378 e. The zero-order valence-corrected chi connectivity index (χ0v) is 12.1. The van der Waals surface area contributed by atoms with Crippen LogP contribution >= 0.6 is 0 Å². The van der Waals surface area contributed by atoms with E-state index in [4.69, 9.17) is 4.74 Å².